The molecule has 0 unspecified atom stereocenters. The first-order chi connectivity index (χ1) is 7.19. The largest absolute Gasteiger partial charge is 0.427 e. The molecule has 0 aliphatic heterocycles. The van der Waals surface area contributed by atoms with Gasteiger partial charge in [-0.2, -0.15) is 5.10 Å². The molecule has 78 valence electrons. The van der Waals surface area contributed by atoms with Gasteiger partial charge in [0.25, 0.3) is 0 Å². The summed E-state index contributed by atoms with van der Waals surface area (Å²) in [6.07, 6.45) is 1.97. The number of carbonyl (C=O) groups is 1. The zero-order valence-corrected chi connectivity index (χ0v) is 8.73. The van der Waals surface area contributed by atoms with Crippen LogP contribution >= 0.6 is 0 Å². The molecule has 15 heavy (non-hydrogen) atoms. The molecule has 2 aromatic rings. The quantitative estimate of drug-likeness (QED) is 0.555. The van der Waals surface area contributed by atoms with Crippen molar-refractivity contribution < 1.29 is 9.53 Å². The molecular formula is C11H12N2O2. The molecule has 0 atom stereocenters. The number of ether oxygens (including phenoxy) is 1. The summed E-state index contributed by atoms with van der Waals surface area (Å²) in [5, 5.41) is 5.37. The van der Waals surface area contributed by atoms with Crippen molar-refractivity contribution in [3.8, 4) is 5.75 Å². The first-order valence-corrected chi connectivity index (χ1v) is 4.84. The van der Waals surface area contributed by atoms with Crippen LogP contribution in [0.5, 0.6) is 5.75 Å². The third-order valence-electron chi connectivity index (χ3n) is 2.11. The van der Waals surface area contributed by atoms with Crippen LogP contribution in [0.1, 0.15) is 13.8 Å². The van der Waals surface area contributed by atoms with E-state index in [9.17, 15) is 4.79 Å². The number of hydrogen-bond donors (Lipinski definition) is 0. The van der Waals surface area contributed by atoms with Gasteiger partial charge in [-0.25, -0.2) is 0 Å². The maximum absolute atomic E-state index is 10.8. The fourth-order valence-corrected chi connectivity index (χ4v) is 1.44. The van der Waals surface area contributed by atoms with Crippen LogP contribution in [0.15, 0.2) is 24.4 Å². The van der Waals surface area contributed by atoms with Crippen LogP contribution in [0, 0.1) is 0 Å². The number of carbonyl (C=O) groups excluding carboxylic acids is 1. The van der Waals surface area contributed by atoms with Gasteiger partial charge in [-0.15, -0.1) is 0 Å². The average molecular weight is 204 g/mol. The lowest BCUT2D eigenvalue weighted by atomic mass is 10.2. The van der Waals surface area contributed by atoms with Gasteiger partial charge in [0.1, 0.15) is 5.75 Å². The van der Waals surface area contributed by atoms with Crippen LogP contribution in [0.3, 0.4) is 0 Å². The summed E-state index contributed by atoms with van der Waals surface area (Å²) in [5.74, 6) is 0.223. The summed E-state index contributed by atoms with van der Waals surface area (Å²) < 4.78 is 6.83. The minimum atomic E-state index is -0.315. The predicted octanol–water partition coefficient (Wildman–Crippen LogP) is 1.98. The molecule has 0 amide bonds. The third kappa shape index (κ3) is 1.98. The van der Waals surface area contributed by atoms with Crippen molar-refractivity contribution in [3.63, 3.8) is 0 Å². The first kappa shape index (κ1) is 9.71. The van der Waals surface area contributed by atoms with Gasteiger partial charge in [-0.3, -0.25) is 9.48 Å². The predicted molar refractivity (Wildman–Crippen MR) is 56.7 cm³/mol. The topological polar surface area (TPSA) is 44.1 Å². The van der Waals surface area contributed by atoms with Gasteiger partial charge in [-0.05, 0) is 19.1 Å². The fourth-order valence-electron chi connectivity index (χ4n) is 1.44. The summed E-state index contributed by atoms with van der Waals surface area (Å²) in [4.78, 5) is 10.8. The van der Waals surface area contributed by atoms with Gasteiger partial charge in [0.2, 0.25) is 0 Å². The van der Waals surface area contributed by atoms with Crippen LogP contribution in [0.25, 0.3) is 10.9 Å². The Balaban J connectivity index is 2.41. The minimum Gasteiger partial charge on any atom is -0.427 e. The van der Waals surface area contributed by atoms with Crippen molar-refractivity contribution in [2.75, 3.05) is 0 Å². The van der Waals surface area contributed by atoms with Crippen molar-refractivity contribution in [1.29, 1.82) is 0 Å². The molecule has 0 aliphatic rings. The number of aromatic nitrogens is 2. The molecule has 1 aromatic carbocycles. The number of hydrogen-bond acceptors (Lipinski definition) is 3. The number of fused-ring (bicyclic) bond motifs is 1. The van der Waals surface area contributed by atoms with Gasteiger partial charge in [0, 0.05) is 31.1 Å². The Morgan fingerprint density at radius 3 is 3.00 bits per heavy atom. The molecule has 0 spiro atoms. The molecular weight excluding hydrogens is 192 g/mol. The van der Waals surface area contributed by atoms with E-state index in [-0.39, 0.29) is 5.97 Å². The number of esters is 1. The van der Waals surface area contributed by atoms with Gasteiger partial charge >= 0.3 is 5.97 Å². The van der Waals surface area contributed by atoms with Gasteiger partial charge in [0.05, 0.1) is 5.52 Å². The van der Waals surface area contributed by atoms with Crippen molar-refractivity contribution in [1.82, 2.24) is 9.78 Å². The number of benzene rings is 1. The standard InChI is InChI=1S/C11H12N2O2/c1-3-13-7-9-4-5-10(15-8(2)14)6-11(9)12-13/h4-7H,3H2,1-2H3. The Labute approximate surface area is 87.5 Å². The highest BCUT2D eigenvalue weighted by atomic mass is 16.5. The van der Waals surface area contributed by atoms with Crippen LogP contribution in [0.4, 0.5) is 0 Å². The SMILES string of the molecule is CCn1cc2ccc(OC(C)=O)cc2n1. The lowest BCUT2D eigenvalue weighted by Crippen LogP contribution is -2.00. The fraction of sp³-hybridized carbons (Fsp3) is 0.273. The second-order valence-corrected chi connectivity index (χ2v) is 3.30. The summed E-state index contributed by atoms with van der Waals surface area (Å²) in [6, 6.07) is 5.43. The van der Waals surface area contributed by atoms with Crippen molar-refractivity contribution in [3.05, 3.63) is 24.4 Å². The highest BCUT2D eigenvalue weighted by molar-refractivity contribution is 5.80. The molecule has 0 N–H and O–H groups in total. The molecule has 0 bridgehead atoms. The molecule has 1 aromatic heterocycles. The maximum atomic E-state index is 10.8. The van der Waals surface area contributed by atoms with Crippen LogP contribution in [-0.2, 0) is 11.3 Å². The van der Waals surface area contributed by atoms with Gasteiger partial charge in [-0.1, -0.05) is 0 Å². The molecule has 0 aliphatic carbocycles. The average Bonchev–Trinajstić information content (AvgIpc) is 2.58. The van der Waals surface area contributed by atoms with Crippen molar-refractivity contribution >= 4 is 16.9 Å². The Bertz CT molecular complexity index is 502. The first-order valence-electron chi connectivity index (χ1n) is 4.84. The highest BCUT2D eigenvalue weighted by Gasteiger charge is 2.03. The second kappa shape index (κ2) is 3.73. The Morgan fingerprint density at radius 1 is 1.53 bits per heavy atom. The molecule has 0 saturated heterocycles. The third-order valence-corrected chi connectivity index (χ3v) is 2.11. The lowest BCUT2D eigenvalue weighted by molar-refractivity contribution is -0.131. The highest BCUT2D eigenvalue weighted by Crippen LogP contribution is 2.19. The van der Waals surface area contributed by atoms with E-state index in [1.165, 1.54) is 6.92 Å². The number of nitrogens with zero attached hydrogens (tertiary/aromatic N) is 2. The summed E-state index contributed by atoms with van der Waals surface area (Å²) in [7, 11) is 0. The van der Waals surface area contributed by atoms with E-state index in [4.69, 9.17) is 4.74 Å². The van der Waals surface area contributed by atoms with Crippen LogP contribution in [-0.4, -0.2) is 15.7 Å². The Hall–Kier alpha value is -1.84. The second-order valence-electron chi connectivity index (χ2n) is 3.30. The van der Waals surface area contributed by atoms with E-state index in [2.05, 4.69) is 5.10 Å². The zero-order chi connectivity index (χ0) is 10.8. The molecule has 1 heterocycles. The molecule has 4 heteroatoms. The van der Waals surface area contributed by atoms with Crippen molar-refractivity contribution in [2.45, 2.75) is 20.4 Å². The molecule has 0 fully saturated rings. The normalized spacial score (nSPS) is 10.5. The Morgan fingerprint density at radius 2 is 2.33 bits per heavy atom. The molecule has 2 rings (SSSR count). The minimum absolute atomic E-state index is 0.315. The molecule has 4 nitrogen and oxygen atoms in total. The summed E-state index contributed by atoms with van der Waals surface area (Å²) in [5.41, 5.74) is 0.843. The molecule has 0 radical (unpaired) electrons. The van der Waals surface area contributed by atoms with E-state index in [0.29, 0.717) is 5.75 Å². The maximum Gasteiger partial charge on any atom is 0.308 e. The smallest absolute Gasteiger partial charge is 0.308 e. The lowest BCUT2D eigenvalue weighted by Gasteiger charge is -1.99. The van der Waals surface area contributed by atoms with Gasteiger partial charge < -0.3 is 4.74 Å². The van der Waals surface area contributed by atoms with Crippen molar-refractivity contribution in [2.24, 2.45) is 0 Å². The van der Waals surface area contributed by atoms with Crippen LogP contribution < -0.4 is 4.74 Å². The van der Waals surface area contributed by atoms with Gasteiger partial charge in [0.15, 0.2) is 0 Å². The monoisotopic (exact) mass is 204 g/mol. The van der Waals surface area contributed by atoms with Crippen LogP contribution in [0.2, 0.25) is 0 Å². The summed E-state index contributed by atoms with van der Waals surface area (Å²) >= 11 is 0. The van der Waals surface area contributed by atoms with E-state index in [0.717, 1.165) is 17.4 Å². The molecule has 0 saturated carbocycles. The van der Waals surface area contributed by atoms with E-state index >= 15 is 0 Å². The number of aryl methyl sites for hydroxylation is 1. The van der Waals surface area contributed by atoms with E-state index < -0.39 is 0 Å². The summed E-state index contributed by atoms with van der Waals surface area (Å²) in [6.45, 7) is 4.24. The zero-order valence-electron chi connectivity index (χ0n) is 8.73. The van der Waals surface area contributed by atoms with E-state index in [1.807, 2.05) is 23.9 Å². The Kier molecular flexibility index (Phi) is 2.41. The number of rotatable bonds is 2. The van der Waals surface area contributed by atoms with E-state index in [1.54, 1.807) is 12.1 Å².